The molecule has 1 heterocycles. The maximum Gasteiger partial charge on any atom is 0.243 e. The van der Waals surface area contributed by atoms with E-state index in [2.05, 4.69) is 5.32 Å². The van der Waals surface area contributed by atoms with Crippen molar-refractivity contribution in [1.29, 1.82) is 0 Å². The Labute approximate surface area is 203 Å². The van der Waals surface area contributed by atoms with Crippen molar-refractivity contribution in [2.45, 2.75) is 49.6 Å². The number of hydrogen-bond donors (Lipinski definition) is 1. The van der Waals surface area contributed by atoms with Crippen LogP contribution in [0.2, 0.25) is 0 Å². The van der Waals surface area contributed by atoms with Gasteiger partial charge in [-0.25, -0.2) is 16.8 Å². The number of nitrogens with zero attached hydrogens (tertiary/aromatic N) is 2. The molecule has 0 spiro atoms. The lowest BCUT2D eigenvalue weighted by Gasteiger charge is -2.40. The average Bonchev–Trinajstić information content (AvgIpc) is 2.82. The van der Waals surface area contributed by atoms with E-state index < -0.39 is 32.0 Å². The summed E-state index contributed by atoms with van der Waals surface area (Å²) < 4.78 is 55.7. The lowest BCUT2D eigenvalue weighted by Crippen LogP contribution is -2.62. The number of sulfonamides is 2. The van der Waals surface area contributed by atoms with Crippen molar-refractivity contribution >= 4 is 26.0 Å². The molecule has 10 heteroatoms. The Morgan fingerprint density at radius 2 is 1.26 bits per heavy atom. The van der Waals surface area contributed by atoms with Crippen molar-refractivity contribution in [2.75, 3.05) is 19.6 Å². The summed E-state index contributed by atoms with van der Waals surface area (Å²) in [6.45, 7) is 7.48. The van der Waals surface area contributed by atoms with Crippen LogP contribution < -0.4 is 5.32 Å². The van der Waals surface area contributed by atoms with Gasteiger partial charge in [0.15, 0.2) is 0 Å². The van der Waals surface area contributed by atoms with Gasteiger partial charge in [-0.2, -0.15) is 8.61 Å². The number of piperazine rings is 1. The molecule has 1 aliphatic rings. The molecule has 0 saturated carbocycles. The van der Waals surface area contributed by atoms with Gasteiger partial charge in [0.1, 0.15) is 6.04 Å². The molecule has 1 fully saturated rings. The van der Waals surface area contributed by atoms with Crippen LogP contribution in [0.1, 0.15) is 27.7 Å². The predicted octanol–water partition coefficient (Wildman–Crippen LogP) is 2.55. The van der Waals surface area contributed by atoms with Crippen LogP contribution in [-0.4, -0.2) is 63.1 Å². The van der Waals surface area contributed by atoms with Crippen molar-refractivity contribution in [3.8, 4) is 0 Å². The second-order valence-corrected chi connectivity index (χ2v) is 13.0. The number of carbonyl (C=O) groups is 1. The first kappa shape index (κ1) is 26.3. The van der Waals surface area contributed by atoms with E-state index in [4.69, 9.17) is 0 Å². The summed E-state index contributed by atoms with van der Waals surface area (Å²) in [5, 5.41) is 2.98. The van der Waals surface area contributed by atoms with Gasteiger partial charge in [-0.05, 0) is 36.1 Å². The Morgan fingerprint density at radius 3 is 1.74 bits per heavy atom. The lowest BCUT2D eigenvalue weighted by atomic mass is 9.93. The minimum Gasteiger partial charge on any atom is -0.351 e. The molecule has 1 atom stereocenters. The van der Waals surface area contributed by atoms with Crippen LogP contribution in [0.4, 0.5) is 0 Å². The minimum absolute atomic E-state index is 0.0507. The normalized spacial score (nSPS) is 18.5. The van der Waals surface area contributed by atoms with Gasteiger partial charge in [0.25, 0.3) is 0 Å². The third-order valence-electron chi connectivity index (χ3n) is 6.07. The molecular formula is C24H33N3O5S2. The van der Waals surface area contributed by atoms with E-state index in [-0.39, 0.29) is 47.3 Å². The first-order valence-corrected chi connectivity index (χ1v) is 14.3. The van der Waals surface area contributed by atoms with Crippen molar-refractivity contribution in [2.24, 2.45) is 11.8 Å². The lowest BCUT2D eigenvalue weighted by molar-refractivity contribution is -0.127. The van der Waals surface area contributed by atoms with Gasteiger partial charge in [0.05, 0.1) is 9.79 Å². The molecule has 1 aliphatic heterocycles. The maximum atomic E-state index is 13.5. The highest BCUT2D eigenvalue weighted by Gasteiger charge is 2.44. The summed E-state index contributed by atoms with van der Waals surface area (Å²) in [6, 6.07) is 14.5. The average molecular weight is 508 g/mol. The Kier molecular flexibility index (Phi) is 8.18. The Bertz CT molecular complexity index is 1180. The summed E-state index contributed by atoms with van der Waals surface area (Å²) in [6.07, 6.45) is 0. The van der Waals surface area contributed by atoms with Crippen molar-refractivity contribution in [3.63, 3.8) is 0 Å². The van der Waals surface area contributed by atoms with E-state index in [1.807, 2.05) is 27.7 Å². The van der Waals surface area contributed by atoms with E-state index >= 15 is 0 Å². The molecule has 0 radical (unpaired) electrons. The fourth-order valence-electron chi connectivity index (χ4n) is 4.29. The molecular weight excluding hydrogens is 474 g/mol. The van der Waals surface area contributed by atoms with Crippen molar-refractivity contribution < 1.29 is 21.6 Å². The van der Waals surface area contributed by atoms with E-state index in [0.717, 1.165) is 4.31 Å². The molecule has 8 nitrogen and oxygen atoms in total. The van der Waals surface area contributed by atoms with Gasteiger partial charge in [0, 0.05) is 25.7 Å². The van der Waals surface area contributed by atoms with Crippen LogP contribution in [0, 0.1) is 11.8 Å². The quantitative estimate of drug-likeness (QED) is 0.591. The van der Waals surface area contributed by atoms with Gasteiger partial charge in [0.2, 0.25) is 26.0 Å². The molecule has 0 aliphatic carbocycles. The van der Waals surface area contributed by atoms with E-state index in [1.165, 1.54) is 28.6 Å². The maximum absolute atomic E-state index is 13.5. The van der Waals surface area contributed by atoms with Crippen molar-refractivity contribution in [1.82, 2.24) is 13.9 Å². The number of amides is 1. The first-order valence-electron chi connectivity index (χ1n) is 11.4. The molecule has 0 aromatic heterocycles. The van der Waals surface area contributed by atoms with Gasteiger partial charge < -0.3 is 5.32 Å². The second kappa shape index (κ2) is 10.6. The first-order chi connectivity index (χ1) is 16.0. The summed E-state index contributed by atoms with van der Waals surface area (Å²) in [5.41, 5.74) is 0. The third kappa shape index (κ3) is 5.51. The Hall–Kier alpha value is -2.27. The highest BCUT2D eigenvalue weighted by Crippen LogP contribution is 2.26. The van der Waals surface area contributed by atoms with Crippen LogP contribution >= 0.6 is 0 Å². The number of nitrogens with one attached hydrogen (secondary N) is 1. The Balaban J connectivity index is 1.98. The van der Waals surface area contributed by atoms with E-state index in [9.17, 15) is 21.6 Å². The topological polar surface area (TPSA) is 104 Å². The molecule has 1 amide bonds. The summed E-state index contributed by atoms with van der Waals surface area (Å²) >= 11 is 0. The molecule has 1 N–H and O–H groups in total. The zero-order valence-electron chi connectivity index (χ0n) is 20.0. The van der Waals surface area contributed by atoms with Crippen LogP contribution in [0.25, 0.3) is 0 Å². The number of benzene rings is 2. The van der Waals surface area contributed by atoms with Crippen molar-refractivity contribution in [3.05, 3.63) is 60.7 Å². The third-order valence-corrected chi connectivity index (χ3v) is 9.87. The van der Waals surface area contributed by atoms with Gasteiger partial charge in [-0.15, -0.1) is 0 Å². The van der Waals surface area contributed by atoms with E-state index in [1.54, 1.807) is 36.4 Å². The number of hydrogen-bond acceptors (Lipinski definition) is 5. The van der Waals surface area contributed by atoms with E-state index in [0.29, 0.717) is 0 Å². The highest BCUT2D eigenvalue weighted by atomic mass is 32.2. The zero-order chi connectivity index (χ0) is 25.1. The zero-order valence-corrected chi connectivity index (χ0v) is 21.6. The van der Waals surface area contributed by atoms with Crippen LogP contribution in [0.15, 0.2) is 70.5 Å². The second-order valence-electron chi connectivity index (χ2n) is 9.14. The fraction of sp³-hybridized carbons (Fsp3) is 0.458. The standard InChI is InChI=1S/C24H33N3O5S2/c1-18(2)23(19(3)4)25-24(28)22-17-26(33(29,30)20-11-7-5-8-12-20)15-16-27(22)34(31,32)21-13-9-6-10-14-21/h5-14,18-19,22-23H,15-17H2,1-4H3,(H,25,28)/t22-/m0/s1. The number of rotatable bonds is 8. The van der Waals surface area contributed by atoms with Crippen LogP contribution in [-0.2, 0) is 24.8 Å². The molecule has 1 saturated heterocycles. The summed E-state index contributed by atoms with van der Waals surface area (Å²) in [7, 11) is -7.91. The van der Waals surface area contributed by atoms with Gasteiger partial charge in [-0.1, -0.05) is 64.1 Å². The Morgan fingerprint density at radius 1 is 0.794 bits per heavy atom. The molecule has 0 bridgehead atoms. The van der Waals surface area contributed by atoms with Crippen LogP contribution in [0.3, 0.4) is 0 Å². The molecule has 34 heavy (non-hydrogen) atoms. The fourth-order valence-corrected chi connectivity index (χ4v) is 7.34. The molecule has 186 valence electrons. The smallest absolute Gasteiger partial charge is 0.243 e. The SMILES string of the molecule is CC(C)C(NC(=O)[C@@H]1CN(S(=O)(=O)c2ccccc2)CCN1S(=O)(=O)c1ccccc1)C(C)C. The molecule has 3 rings (SSSR count). The molecule has 2 aromatic rings. The summed E-state index contributed by atoms with van der Waals surface area (Å²) in [5.74, 6) is -0.258. The largest absolute Gasteiger partial charge is 0.351 e. The highest BCUT2D eigenvalue weighted by molar-refractivity contribution is 7.89. The van der Waals surface area contributed by atoms with Crippen LogP contribution in [0.5, 0.6) is 0 Å². The van der Waals surface area contributed by atoms with Gasteiger partial charge in [-0.3, -0.25) is 4.79 Å². The van der Waals surface area contributed by atoms with Gasteiger partial charge >= 0.3 is 0 Å². The number of carbonyl (C=O) groups excluding carboxylic acids is 1. The summed E-state index contributed by atoms with van der Waals surface area (Å²) in [4.78, 5) is 13.6. The minimum atomic E-state index is -4.02. The monoisotopic (exact) mass is 507 g/mol. The predicted molar refractivity (Wildman–Crippen MR) is 131 cm³/mol. The molecule has 0 unspecified atom stereocenters. The molecule has 2 aromatic carbocycles.